The van der Waals surface area contributed by atoms with Crippen LogP contribution in [0.3, 0.4) is 0 Å². The Morgan fingerprint density at radius 3 is 2.82 bits per heavy atom. The summed E-state index contributed by atoms with van der Waals surface area (Å²) < 4.78 is 3.67. The van der Waals surface area contributed by atoms with Gasteiger partial charge >= 0.3 is 0 Å². The number of hydrogen-bond donors (Lipinski definition) is 2. The molecule has 0 saturated carbocycles. The molecule has 2 atom stereocenters. The molecule has 2 aromatic rings. The Bertz CT molecular complexity index is 577. The third-order valence-electron chi connectivity index (χ3n) is 3.67. The van der Waals surface area contributed by atoms with Gasteiger partial charge in [0.2, 0.25) is 5.91 Å². The number of aromatic nitrogens is 4. The van der Waals surface area contributed by atoms with Gasteiger partial charge in [-0.2, -0.15) is 10.2 Å². The summed E-state index contributed by atoms with van der Waals surface area (Å²) in [7, 11) is 0. The first-order chi connectivity index (χ1) is 10.6. The summed E-state index contributed by atoms with van der Waals surface area (Å²) in [6, 6.07) is 3.68. The van der Waals surface area contributed by atoms with Crippen LogP contribution in [0.5, 0.6) is 0 Å². The highest BCUT2D eigenvalue weighted by Gasteiger charge is 2.15. The van der Waals surface area contributed by atoms with Gasteiger partial charge in [0.25, 0.3) is 0 Å². The summed E-state index contributed by atoms with van der Waals surface area (Å²) in [4.78, 5) is 12.2. The van der Waals surface area contributed by atoms with Crippen molar-refractivity contribution in [3.8, 4) is 0 Å². The minimum Gasteiger partial charge on any atom is -0.310 e. The minimum atomic E-state index is -0.282. The standard InChI is InChI=1S/C15H24N6O/c1-4-12(2)21-14(6-8-18-21)19-15(22)13(3)16-9-11-20-10-5-7-17-20/h5-8,10,12-13,16H,4,9,11H2,1-3H3,(H,19,22)/t12-,13+/m1/s1. The van der Waals surface area contributed by atoms with E-state index in [0.29, 0.717) is 6.54 Å². The molecule has 22 heavy (non-hydrogen) atoms. The fraction of sp³-hybridized carbons (Fsp3) is 0.533. The predicted octanol–water partition coefficient (Wildman–Crippen LogP) is 1.67. The van der Waals surface area contributed by atoms with Crippen molar-refractivity contribution in [1.82, 2.24) is 24.9 Å². The molecule has 7 heteroatoms. The Morgan fingerprint density at radius 1 is 1.32 bits per heavy atom. The summed E-state index contributed by atoms with van der Waals surface area (Å²) in [6.45, 7) is 7.44. The molecule has 2 heterocycles. The number of hydrogen-bond acceptors (Lipinski definition) is 4. The van der Waals surface area contributed by atoms with E-state index in [9.17, 15) is 4.79 Å². The molecule has 0 unspecified atom stereocenters. The number of carbonyl (C=O) groups excluding carboxylic acids is 1. The topological polar surface area (TPSA) is 76.8 Å². The van der Waals surface area contributed by atoms with Crippen LogP contribution in [0.4, 0.5) is 5.82 Å². The van der Waals surface area contributed by atoms with E-state index >= 15 is 0 Å². The third kappa shape index (κ3) is 4.17. The number of rotatable bonds is 8. The lowest BCUT2D eigenvalue weighted by molar-refractivity contribution is -0.117. The molecule has 2 aromatic heterocycles. The van der Waals surface area contributed by atoms with Gasteiger partial charge in [-0.05, 0) is 26.3 Å². The van der Waals surface area contributed by atoms with E-state index in [-0.39, 0.29) is 18.0 Å². The summed E-state index contributed by atoms with van der Waals surface area (Å²) in [5.74, 6) is 0.672. The van der Waals surface area contributed by atoms with E-state index in [1.165, 1.54) is 0 Å². The Kier molecular flexibility index (Phi) is 5.71. The quantitative estimate of drug-likeness (QED) is 0.778. The number of nitrogens with one attached hydrogen (secondary N) is 2. The molecule has 1 amide bonds. The average molecular weight is 304 g/mol. The van der Waals surface area contributed by atoms with E-state index in [2.05, 4.69) is 34.7 Å². The fourth-order valence-electron chi connectivity index (χ4n) is 2.09. The molecule has 2 N–H and O–H groups in total. The second kappa shape index (κ2) is 7.74. The molecule has 0 fully saturated rings. The SMILES string of the molecule is CC[C@@H](C)n1nccc1NC(=O)[C@H](C)NCCn1cccn1. The van der Waals surface area contributed by atoms with Gasteiger partial charge in [-0.1, -0.05) is 6.92 Å². The Labute approximate surface area is 130 Å². The number of carbonyl (C=O) groups is 1. The fourth-order valence-corrected chi connectivity index (χ4v) is 2.09. The normalized spacial score (nSPS) is 13.8. The van der Waals surface area contributed by atoms with E-state index < -0.39 is 0 Å². The number of anilines is 1. The van der Waals surface area contributed by atoms with Gasteiger partial charge in [0, 0.05) is 25.0 Å². The van der Waals surface area contributed by atoms with Crippen molar-refractivity contribution in [2.75, 3.05) is 11.9 Å². The molecule has 0 spiro atoms. The van der Waals surface area contributed by atoms with Gasteiger partial charge < -0.3 is 10.6 Å². The van der Waals surface area contributed by atoms with Crippen molar-refractivity contribution in [2.45, 2.75) is 45.8 Å². The van der Waals surface area contributed by atoms with Crippen molar-refractivity contribution < 1.29 is 4.79 Å². The van der Waals surface area contributed by atoms with Crippen LogP contribution in [0.2, 0.25) is 0 Å². The van der Waals surface area contributed by atoms with Gasteiger partial charge in [-0.3, -0.25) is 9.48 Å². The molecule has 120 valence electrons. The maximum absolute atomic E-state index is 12.2. The van der Waals surface area contributed by atoms with Crippen LogP contribution in [0, 0.1) is 0 Å². The molecule has 0 radical (unpaired) electrons. The molecule has 0 bridgehead atoms. The van der Waals surface area contributed by atoms with Crippen molar-refractivity contribution in [3.63, 3.8) is 0 Å². The summed E-state index contributed by atoms with van der Waals surface area (Å²) >= 11 is 0. The highest BCUT2D eigenvalue weighted by atomic mass is 16.2. The van der Waals surface area contributed by atoms with Crippen molar-refractivity contribution >= 4 is 11.7 Å². The van der Waals surface area contributed by atoms with E-state index in [4.69, 9.17) is 0 Å². The summed E-state index contributed by atoms with van der Waals surface area (Å²) in [6.07, 6.45) is 6.31. The average Bonchev–Trinajstić information content (AvgIpc) is 3.17. The molecule has 0 aliphatic heterocycles. The molecule has 0 aliphatic rings. The number of nitrogens with zero attached hydrogens (tertiary/aromatic N) is 4. The van der Waals surface area contributed by atoms with Crippen molar-refractivity contribution in [2.24, 2.45) is 0 Å². The highest BCUT2D eigenvalue weighted by Crippen LogP contribution is 2.16. The van der Waals surface area contributed by atoms with Gasteiger partial charge in [-0.25, -0.2) is 4.68 Å². The molecule has 2 rings (SSSR count). The molecule has 0 aromatic carbocycles. The Morgan fingerprint density at radius 2 is 2.14 bits per heavy atom. The van der Waals surface area contributed by atoms with E-state index in [1.807, 2.05) is 34.6 Å². The summed E-state index contributed by atoms with van der Waals surface area (Å²) in [5, 5.41) is 14.5. The maximum atomic E-state index is 12.2. The zero-order chi connectivity index (χ0) is 15.9. The number of amides is 1. The van der Waals surface area contributed by atoms with Crippen LogP contribution in [0.1, 0.15) is 33.2 Å². The monoisotopic (exact) mass is 304 g/mol. The lowest BCUT2D eigenvalue weighted by Crippen LogP contribution is -2.40. The molecule has 0 saturated heterocycles. The first kappa shape index (κ1) is 16.2. The largest absolute Gasteiger partial charge is 0.310 e. The highest BCUT2D eigenvalue weighted by molar-refractivity contribution is 5.93. The summed E-state index contributed by atoms with van der Waals surface area (Å²) in [5.41, 5.74) is 0. The van der Waals surface area contributed by atoms with Gasteiger partial charge in [-0.15, -0.1) is 0 Å². The van der Waals surface area contributed by atoms with Crippen LogP contribution >= 0.6 is 0 Å². The Hall–Kier alpha value is -2.15. The first-order valence-corrected chi connectivity index (χ1v) is 7.67. The zero-order valence-corrected chi connectivity index (χ0v) is 13.4. The molecule has 7 nitrogen and oxygen atoms in total. The van der Waals surface area contributed by atoms with E-state index in [1.54, 1.807) is 12.4 Å². The first-order valence-electron chi connectivity index (χ1n) is 7.67. The minimum absolute atomic E-state index is 0.0643. The van der Waals surface area contributed by atoms with Crippen LogP contribution in [0.15, 0.2) is 30.7 Å². The van der Waals surface area contributed by atoms with Crippen molar-refractivity contribution in [1.29, 1.82) is 0 Å². The van der Waals surface area contributed by atoms with E-state index in [0.717, 1.165) is 18.8 Å². The van der Waals surface area contributed by atoms with Gasteiger partial charge in [0.1, 0.15) is 5.82 Å². The van der Waals surface area contributed by atoms with Crippen LogP contribution < -0.4 is 10.6 Å². The predicted molar refractivity (Wildman–Crippen MR) is 85.6 cm³/mol. The van der Waals surface area contributed by atoms with Crippen LogP contribution in [0.25, 0.3) is 0 Å². The lowest BCUT2D eigenvalue weighted by Gasteiger charge is -2.17. The maximum Gasteiger partial charge on any atom is 0.242 e. The smallest absolute Gasteiger partial charge is 0.242 e. The second-order valence-corrected chi connectivity index (χ2v) is 5.35. The second-order valence-electron chi connectivity index (χ2n) is 5.35. The molecular formula is C15H24N6O. The van der Waals surface area contributed by atoms with Crippen molar-refractivity contribution in [3.05, 3.63) is 30.7 Å². The lowest BCUT2D eigenvalue weighted by atomic mass is 10.2. The molecule has 0 aliphatic carbocycles. The third-order valence-corrected chi connectivity index (χ3v) is 3.67. The van der Waals surface area contributed by atoms with Crippen LogP contribution in [-0.2, 0) is 11.3 Å². The molecular weight excluding hydrogens is 280 g/mol. The zero-order valence-electron chi connectivity index (χ0n) is 13.4. The van der Waals surface area contributed by atoms with Crippen LogP contribution in [-0.4, -0.2) is 38.1 Å². The van der Waals surface area contributed by atoms with Gasteiger partial charge in [0.15, 0.2) is 0 Å². The van der Waals surface area contributed by atoms with Gasteiger partial charge in [0.05, 0.1) is 24.8 Å². The Balaban J connectivity index is 1.82.